The molecule has 3 rings (SSSR count). The predicted octanol–water partition coefficient (Wildman–Crippen LogP) is 5.06. The minimum atomic E-state index is -4.65. The first-order valence-electron chi connectivity index (χ1n) is 8.66. The molecule has 0 unspecified atom stereocenters. The second-order valence-corrected chi connectivity index (χ2v) is 7.56. The highest BCUT2D eigenvalue weighted by Gasteiger charge is 2.33. The van der Waals surface area contributed by atoms with Crippen molar-refractivity contribution in [2.24, 2.45) is 0 Å². The highest BCUT2D eigenvalue weighted by atomic mass is 35.5. The Labute approximate surface area is 188 Å². The number of hydrogen-bond acceptors (Lipinski definition) is 6. The van der Waals surface area contributed by atoms with Crippen molar-refractivity contribution in [1.82, 2.24) is 15.4 Å². The Kier molecular flexibility index (Phi) is 7.18. The molecule has 13 heteroatoms. The zero-order valence-electron chi connectivity index (χ0n) is 15.8. The molecule has 0 atom stereocenters. The number of anilines is 2. The van der Waals surface area contributed by atoms with Gasteiger partial charge in [0.1, 0.15) is 5.03 Å². The van der Waals surface area contributed by atoms with Crippen molar-refractivity contribution in [2.45, 2.75) is 16.1 Å². The van der Waals surface area contributed by atoms with Gasteiger partial charge in [-0.1, -0.05) is 23.4 Å². The van der Waals surface area contributed by atoms with E-state index in [0.29, 0.717) is 10.7 Å². The van der Waals surface area contributed by atoms with E-state index >= 15 is 0 Å². The van der Waals surface area contributed by atoms with Gasteiger partial charge in [-0.15, -0.1) is 0 Å². The van der Waals surface area contributed by atoms with E-state index in [-0.39, 0.29) is 11.5 Å². The highest BCUT2D eigenvalue weighted by Crippen LogP contribution is 2.36. The number of nitrogens with one attached hydrogen (secondary N) is 3. The van der Waals surface area contributed by atoms with Gasteiger partial charge in [-0.2, -0.15) is 13.2 Å². The molecule has 2 aromatic carbocycles. The standard InChI is InChI=1S/C19H13ClF3N5O3S/c20-14-6-3-11(9-13(14)19(21,22)23)26-18(30)25-10-1-4-12(5-2-10)32-15-7-8-24-16(27-15)17(29)28-31/h1-9,31H,(H,28,29)(H2,25,26,30). The van der Waals surface area contributed by atoms with Gasteiger partial charge >= 0.3 is 18.1 Å². The third-order valence-corrected chi connectivity index (χ3v) is 5.07. The monoisotopic (exact) mass is 483 g/mol. The fourth-order valence-electron chi connectivity index (χ4n) is 2.40. The zero-order chi connectivity index (χ0) is 23.3. The van der Waals surface area contributed by atoms with E-state index < -0.39 is 28.7 Å². The van der Waals surface area contributed by atoms with E-state index in [4.69, 9.17) is 16.8 Å². The van der Waals surface area contributed by atoms with E-state index in [1.807, 2.05) is 0 Å². The molecule has 4 N–H and O–H groups in total. The van der Waals surface area contributed by atoms with Crippen molar-refractivity contribution >= 4 is 46.7 Å². The molecule has 0 radical (unpaired) electrons. The summed E-state index contributed by atoms with van der Waals surface area (Å²) in [6.45, 7) is 0. The van der Waals surface area contributed by atoms with Gasteiger partial charge in [0.15, 0.2) is 0 Å². The molecule has 0 fully saturated rings. The molecule has 0 saturated carbocycles. The lowest BCUT2D eigenvalue weighted by Crippen LogP contribution is -2.21. The number of benzene rings is 2. The number of halogens is 4. The third kappa shape index (κ3) is 6.09. The van der Waals surface area contributed by atoms with Crippen LogP contribution in [0.25, 0.3) is 0 Å². The Bertz CT molecular complexity index is 1150. The van der Waals surface area contributed by atoms with E-state index in [0.717, 1.165) is 17.0 Å². The van der Waals surface area contributed by atoms with Crippen LogP contribution in [-0.4, -0.2) is 27.1 Å². The van der Waals surface area contributed by atoms with Crippen LogP contribution in [0, 0.1) is 0 Å². The van der Waals surface area contributed by atoms with Crippen LogP contribution in [0.1, 0.15) is 16.2 Å². The number of amides is 3. The summed E-state index contributed by atoms with van der Waals surface area (Å²) in [5.74, 6) is -1.05. The summed E-state index contributed by atoms with van der Waals surface area (Å²) in [7, 11) is 0. The maximum absolute atomic E-state index is 12.9. The number of carbonyl (C=O) groups excluding carboxylic acids is 2. The SMILES string of the molecule is O=C(Nc1ccc(Sc2ccnc(C(=O)NO)n2)cc1)Nc1ccc(Cl)c(C(F)(F)F)c1. The minimum absolute atomic E-state index is 0.0714. The topological polar surface area (TPSA) is 116 Å². The molecule has 1 heterocycles. The van der Waals surface area contributed by atoms with Gasteiger partial charge in [-0.3, -0.25) is 10.0 Å². The van der Waals surface area contributed by atoms with Crippen LogP contribution in [0.3, 0.4) is 0 Å². The summed E-state index contributed by atoms with van der Waals surface area (Å²) < 4.78 is 38.8. The summed E-state index contributed by atoms with van der Waals surface area (Å²) in [5.41, 5.74) is 0.711. The minimum Gasteiger partial charge on any atom is -0.308 e. The van der Waals surface area contributed by atoms with Gasteiger partial charge < -0.3 is 10.6 Å². The third-order valence-electron chi connectivity index (χ3n) is 3.80. The molecule has 0 aliphatic rings. The largest absolute Gasteiger partial charge is 0.417 e. The van der Waals surface area contributed by atoms with Crippen LogP contribution in [0.4, 0.5) is 29.3 Å². The molecule has 3 aromatic rings. The number of alkyl halides is 3. The van der Waals surface area contributed by atoms with Crippen LogP contribution in [0.5, 0.6) is 0 Å². The van der Waals surface area contributed by atoms with E-state index in [2.05, 4.69) is 20.6 Å². The highest BCUT2D eigenvalue weighted by molar-refractivity contribution is 7.99. The summed E-state index contributed by atoms with van der Waals surface area (Å²) in [4.78, 5) is 31.9. The van der Waals surface area contributed by atoms with Crippen LogP contribution in [0.15, 0.2) is 64.6 Å². The molecule has 0 bridgehead atoms. The molecular formula is C19H13ClF3N5O3S. The fraction of sp³-hybridized carbons (Fsp3) is 0.0526. The van der Waals surface area contributed by atoms with Crippen molar-refractivity contribution in [3.63, 3.8) is 0 Å². The summed E-state index contributed by atoms with van der Waals surface area (Å²) in [6, 6.07) is 10.4. The van der Waals surface area contributed by atoms with Crippen molar-refractivity contribution in [1.29, 1.82) is 0 Å². The maximum Gasteiger partial charge on any atom is 0.417 e. The lowest BCUT2D eigenvalue weighted by Gasteiger charge is -2.12. The quantitative estimate of drug-likeness (QED) is 0.229. The molecule has 8 nitrogen and oxygen atoms in total. The number of aromatic nitrogens is 2. The van der Waals surface area contributed by atoms with Gasteiger partial charge in [-0.05, 0) is 48.5 Å². The van der Waals surface area contributed by atoms with Crippen LogP contribution < -0.4 is 16.1 Å². The first-order chi connectivity index (χ1) is 15.2. The van der Waals surface area contributed by atoms with Crippen LogP contribution >= 0.6 is 23.4 Å². The van der Waals surface area contributed by atoms with Crippen LogP contribution in [-0.2, 0) is 6.18 Å². The number of urea groups is 1. The number of nitrogens with zero attached hydrogens (tertiary/aromatic N) is 2. The van der Waals surface area contributed by atoms with Gasteiger partial charge in [-0.25, -0.2) is 20.2 Å². The predicted molar refractivity (Wildman–Crippen MR) is 111 cm³/mol. The summed E-state index contributed by atoms with van der Waals surface area (Å²) in [5, 5.41) is 13.4. The second kappa shape index (κ2) is 9.85. The average Bonchev–Trinajstić information content (AvgIpc) is 2.75. The van der Waals surface area contributed by atoms with Crippen molar-refractivity contribution in [3.05, 3.63) is 71.1 Å². The molecule has 32 heavy (non-hydrogen) atoms. The molecule has 3 amide bonds. The van der Waals surface area contributed by atoms with Gasteiger partial charge in [0.2, 0.25) is 5.82 Å². The van der Waals surface area contributed by atoms with Gasteiger partial charge in [0.25, 0.3) is 0 Å². The number of hydroxylamine groups is 1. The maximum atomic E-state index is 12.9. The summed E-state index contributed by atoms with van der Waals surface area (Å²) >= 11 is 6.77. The van der Waals surface area contributed by atoms with Crippen LogP contribution in [0.2, 0.25) is 5.02 Å². The van der Waals surface area contributed by atoms with Crippen molar-refractivity contribution < 1.29 is 28.0 Å². The van der Waals surface area contributed by atoms with Crippen molar-refractivity contribution in [2.75, 3.05) is 10.6 Å². The molecular weight excluding hydrogens is 471 g/mol. The van der Waals surface area contributed by atoms with Gasteiger partial charge in [0, 0.05) is 22.5 Å². The fourth-order valence-corrected chi connectivity index (χ4v) is 3.40. The lowest BCUT2D eigenvalue weighted by molar-refractivity contribution is -0.137. The Hall–Kier alpha value is -3.35. The normalized spacial score (nSPS) is 11.0. The Morgan fingerprint density at radius 3 is 2.31 bits per heavy atom. The van der Waals surface area contributed by atoms with E-state index in [9.17, 15) is 22.8 Å². The van der Waals surface area contributed by atoms with E-state index in [1.54, 1.807) is 30.3 Å². The first kappa shape index (κ1) is 23.3. The first-order valence-corrected chi connectivity index (χ1v) is 9.85. The Morgan fingerprint density at radius 1 is 1.00 bits per heavy atom. The zero-order valence-corrected chi connectivity index (χ0v) is 17.3. The second-order valence-electron chi connectivity index (χ2n) is 6.06. The van der Waals surface area contributed by atoms with E-state index in [1.165, 1.54) is 29.5 Å². The number of hydrogen-bond donors (Lipinski definition) is 4. The number of carbonyl (C=O) groups is 2. The molecule has 0 aliphatic heterocycles. The molecule has 0 saturated heterocycles. The lowest BCUT2D eigenvalue weighted by atomic mass is 10.2. The summed E-state index contributed by atoms with van der Waals surface area (Å²) in [6.07, 6.45) is -3.29. The van der Waals surface area contributed by atoms with Crippen molar-refractivity contribution in [3.8, 4) is 0 Å². The Balaban J connectivity index is 1.62. The van der Waals surface area contributed by atoms with Gasteiger partial charge in [0.05, 0.1) is 10.6 Å². The average molecular weight is 484 g/mol. The Morgan fingerprint density at radius 2 is 1.66 bits per heavy atom. The smallest absolute Gasteiger partial charge is 0.308 e. The molecule has 0 aliphatic carbocycles. The molecule has 0 spiro atoms. The number of rotatable bonds is 5. The molecule has 166 valence electrons. The molecule has 1 aromatic heterocycles.